The predicted octanol–water partition coefficient (Wildman–Crippen LogP) is 2.90. The van der Waals surface area contributed by atoms with Gasteiger partial charge in [-0.3, -0.25) is 14.8 Å². The number of nitrogens with zero attached hydrogens (tertiary/aromatic N) is 2. The number of aromatic nitrogens is 2. The van der Waals surface area contributed by atoms with E-state index in [0.29, 0.717) is 11.4 Å². The smallest absolute Gasteiger partial charge is 0.335 e. The lowest BCUT2D eigenvalue weighted by Crippen LogP contribution is -2.31. The number of para-hydroxylation sites is 1. The minimum absolute atomic E-state index is 0.0826. The van der Waals surface area contributed by atoms with E-state index < -0.39 is 17.1 Å². The number of nitrogens with one attached hydrogen (secondary N) is 1. The second kappa shape index (κ2) is 7.06. The number of benzene rings is 2. The van der Waals surface area contributed by atoms with Crippen LogP contribution in [0.3, 0.4) is 0 Å². The fourth-order valence-corrected chi connectivity index (χ4v) is 2.88. The minimum atomic E-state index is -0.709. The summed E-state index contributed by atoms with van der Waals surface area (Å²) in [6, 6.07) is 14.4. The van der Waals surface area contributed by atoms with E-state index >= 15 is 0 Å². The van der Waals surface area contributed by atoms with E-state index in [2.05, 4.69) is 32.6 Å². The van der Waals surface area contributed by atoms with Crippen LogP contribution in [0.25, 0.3) is 5.69 Å². The van der Waals surface area contributed by atoms with Crippen molar-refractivity contribution in [1.82, 2.24) is 9.55 Å². The zero-order valence-electron chi connectivity index (χ0n) is 13.2. The Morgan fingerprint density at radius 2 is 1.92 bits per heavy atom. The number of halogens is 1. The summed E-state index contributed by atoms with van der Waals surface area (Å²) in [4.78, 5) is 30.7. The fourth-order valence-electron chi connectivity index (χ4n) is 2.35. The lowest BCUT2D eigenvalue weighted by molar-refractivity contribution is 0.430. The summed E-state index contributed by atoms with van der Waals surface area (Å²) in [5, 5.41) is 10.5. The molecule has 0 fully saturated rings. The second-order valence-corrected chi connectivity index (χ2v) is 6.54. The summed E-state index contributed by atoms with van der Waals surface area (Å²) in [5.41, 5.74) is 0.559. The molecule has 0 saturated heterocycles. The van der Waals surface area contributed by atoms with Crippen LogP contribution in [0.5, 0.6) is 5.88 Å². The Labute approximate surface area is 156 Å². The highest BCUT2D eigenvalue weighted by atomic mass is 127. The fraction of sp³-hybridized carbons (Fsp3) is 0.0556. The van der Waals surface area contributed by atoms with Gasteiger partial charge in [-0.1, -0.05) is 24.3 Å². The first-order chi connectivity index (χ1) is 12.0. The van der Waals surface area contributed by atoms with E-state index in [1.807, 2.05) is 31.2 Å². The highest BCUT2D eigenvalue weighted by molar-refractivity contribution is 14.1. The van der Waals surface area contributed by atoms with E-state index in [-0.39, 0.29) is 5.56 Å². The number of aliphatic imine (C=N–C) groups is 1. The normalized spacial score (nSPS) is 11.1. The van der Waals surface area contributed by atoms with Gasteiger partial charge in [-0.25, -0.2) is 9.36 Å². The summed E-state index contributed by atoms with van der Waals surface area (Å²) in [7, 11) is 0. The average Bonchev–Trinajstić information content (AvgIpc) is 2.56. The Morgan fingerprint density at radius 1 is 1.16 bits per heavy atom. The van der Waals surface area contributed by atoms with E-state index in [1.54, 1.807) is 24.3 Å². The molecule has 3 rings (SSSR count). The molecule has 0 aliphatic heterocycles. The molecule has 7 heteroatoms. The highest BCUT2D eigenvalue weighted by Gasteiger charge is 2.14. The maximum atomic E-state index is 12.2. The van der Waals surface area contributed by atoms with Crippen molar-refractivity contribution >= 4 is 34.5 Å². The van der Waals surface area contributed by atoms with Crippen molar-refractivity contribution in [3.05, 3.63) is 84.1 Å². The summed E-state index contributed by atoms with van der Waals surface area (Å²) in [5.74, 6) is -0.450. The molecular weight excluding hydrogens is 433 g/mol. The lowest BCUT2D eigenvalue weighted by atomic mass is 10.2. The van der Waals surface area contributed by atoms with Gasteiger partial charge in [0.25, 0.3) is 5.56 Å². The molecule has 2 aromatic carbocycles. The van der Waals surface area contributed by atoms with Crippen LogP contribution in [-0.4, -0.2) is 20.9 Å². The molecule has 0 amide bonds. The third-order valence-electron chi connectivity index (χ3n) is 3.57. The molecule has 0 unspecified atom stereocenters. The third-order valence-corrected chi connectivity index (χ3v) is 4.48. The van der Waals surface area contributed by atoms with E-state index in [1.165, 1.54) is 6.21 Å². The molecule has 3 aromatic rings. The molecule has 2 N–H and O–H groups in total. The van der Waals surface area contributed by atoms with Crippen LogP contribution in [0.1, 0.15) is 11.1 Å². The molecule has 1 heterocycles. The van der Waals surface area contributed by atoms with Gasteiger partial charge in [0.15, 0.2) is 0 Å². The summed E-state index contributed by atoms with van der Waals surface area (Å²) < 4.78 is 1.95. The molecule has 0 aliphatic carbocycles. The Bertz CT molecular complexity index is 1080. The molecule has 0 spiro atoms. The molecule has 0 bridgehead atoms. The van der Waals surface area contributed by atoms with Crippen molar-refractivity contribution in [2.75, 3.05) is 0 Å². The van der Waals surface area contributed by atoms with Crippen molar-refractivity contribution in [3.63, 3.8) is 0 Å². The number of rotatable bonds is 3. The van der Waals surface area contributed by atoms with Crippen LogP contribution in [0, 0.1) is 10.5 Å². The van der Waals surface area contributed by atoms with Gasteiger partial charge in [0.05, 0.1) is 11.4 Å². The van der Waals surface area contributed by atoms with Crippen LogP contribution in [0.15, 0.2) is 63.1 Å². The number of aryl methyl sites for hydroxylation is 1. The zero-order valence-corrected chi connectivity index (χ0v) is 15.4. The Morgan fingerprint density at radius 3 is 2.64 bits per heavy atom. The Hall–Kier alpha value is -2.68. The number of aromatic amines is 1. The summed E-state index contributed by atoms with van der Waals surface area (Å²) >= 11 is 2.13. The van der Waals surface area contributed by atoms with Crippen molar-refractivity contribution in [1.29, 1.82) is 0 Å². The third kappa shape index (κ3) is 3.55. The largest absolute Gasteiger partial charge is 0.493 e. The van der Waals surface area contributed by atoms with Gasteiger partial charge in [0.2, 0.25) is 5.88 Å². The SMILES string of the molecule is Cc1cccc(-n2c(O)c(C=Nc3ccccc3I)c(=O)[nH]c2=O)c1. The summed E-state index contributed by atoms with van der Waals surface area (Å²) in [6.07, 6.45) is 1.26. The van der Waals surface area contributed by atoms with Gasteiger partial charge in [-0.15, -0.1) is 0 Å². The highest BCUT2D eigenvalue weighted by Crippen LogP contribution is 2.21. The van der Waals surface area contributed by atoms with Crippen LogP contribution in [-0.2, 0) is 0 Å². The monoisotopic (exact) mass is 447 g/mol. The number of H-pyrrole nitrogens is 1. The second-order valence-electron chi connectivity index (χ2n) is 5.38. The minimum Gasteiger partial charge on any atom is -0.493 e. The van der Waals surface area contributed by atoms with Crippen molar-refractivity contribution in [2.24, 2.45) is 4.99 Å². The first-order valence-electron chi connectivity index (χ1n) is 7.41. The van der Waals surface area contributed by atoms with Crippen LogP contribution in [0.4, 0.5) is 5.69 Å². The Balaban J connectivity index is 2.16. The number of aromatic hydroxyl groups is 1. The van der Waals surface area contributed by atoms with Gasteiger partial charge >= 0.3 is 5.69 Å². The lowest BCUT2D eigenvalue weighted by Gasteiger charge is -2.10. The number of hydrogen-bond donors (Lipinski definition) is 2. The molecule has 0 radical (unpaired) electrons. The van der Waals surface area contributed by atoms with E-state index in [0.717, 1.165) is 13.7 Å². The van der Waals surface area contributed by atoms with Crippen LogP contribution >= 0.6 is 22.6 Å². The quantitative estimate of drug-likeness (QED) is 0.478. The van der Waals surface area contributed by atoms with Gasteiger partial charge in [-0.2, -0.15) is 0 Å². The predicted molar refractivity (Wildman–Crippen MR) is 105 cm³/mol. The molecule has 0 atom stereocenters. The van der Waals surface area contributed by atoms with E-state index in [9.17, 15) is 14.7 Å². The molecule has 25 heavy (non-hydrogen) atoms. The van der Waals surface area contributed by atoms with Crippen LogP contribution in [0.2, 0.25) is 0 Å². The van der Waals surface area contributed by atoms with Crippen molar-refractivity contribution < 1.29 is 5.11 Å². The van der Waals surface area contributed by atoms with Gasteiger partial charge in [0, 0.05) is 9.78 Å². The number of hydrogen-bond acceptors (Lipinski definition) is 4. The molecule has 1 aromatic heterocycles. The molecule has 0 saturated carbocycles. The van der Waals surface area contributed by atoms with Gasteiger partial charge in [-0.05, 0) is 59.3 Å². The molecule has 6 nitrogen and oxygen atoms in total. The maximum Gasteiger partial charge on any atom is 0.335 e. The van der Waals surface area contributed by atoms with Gasteiger partial charge < -0.3 is 5.11 Å². The first kappa shape index (κ1) is 17.2. The average molecular weight is 447 g/mol. The molecule has 126 valence electrons. The Kier molecular flexibility index (Phi) is 4.84. The first-order valence-corrected chi connectivity index (χ1v) is 8.49. The van der Waals surface area contributed by atoms with Crippen molar-refractivity contribution in [2.45, 2.75) is 6.92 Å². The summed E-state index contributed by atoms with van der Waals surface area (Å²) in [6.45, 7) is 1.87. The van der Waals surface area contributed by atoms with Gasteiger partial charge in [0.1, 0.15) is 5.56 Å². The molecular formula is C18H14IN3O3. The molecule has 0 aliphatic rings. The standard InChI is InChI=1S/C18H14IN3O3/c1-11-5-4-6-12(9-11)22-17(24)13(16(23)21-18(22)25)10-20-15-8-3-2-7-14(15)19/h2-10,24H,1H3,(H,21,23,25). The zero-order chi connectivity index (χ0) is 18.0. The topological polar surface area (TPSA) is 87.4 Å². The van der Waals surface area contributed by atoms with Crippen LogP contribution < -0.4 is 11.2 Å². The maximum absolute atomic E-state index is 12.2. The van der Waals surface area contributed by atoms with Crippen molar-refractivity contribution in [3.8, 4) is 11.6 Å². The van der Waals surface area contributed by atoms with E-state index in [4.69, 9.17) is 0 Å².